The zero-order valence-electron chi connectivity index (χ0n) is 13.5. The lowest BCUT2D eigenvalue weighted by Gasteiger charge is -2.07. The maximum Gasteiger partial charge on any atom is 0.348 e. The number of nitrogens with one attached hydrogen (secondary N) is 1. The molecule has 7 nitrogen and oxygen atoms in total. The monoisotopic (exact) mass is 360 g/mol. The van der Waals surface area contributed by atoms with E-state index in [2.05, 4.69) is 5.32 Å². The second-order valence-electron chi connectivity index (χ2n) is 5.81. The Morgan fingerprint density at radius 3 is 2.84 bits per heavy atom. The van der Waals surface area contributed by atoms with Crippen LogP contribution in [0.5, 0.6) is 0 Å². The third kappa shape index (κ3) is 3.85. The molecule has 1 aromatic heterocycles. The summed E-state index contributed by atoms with van der Waals surface area (Å²) >= 11 is 1.40. The molecule has 1 N–H and O–H groups in total. The molecule has 0 fully saturated rings. The number of aryl methyl sites for hydroxylation is 3. The van der Waals surface area contributed by atoms with Crippen LogP contribution in [0.1, 0.15) is 32.1 Å². The van der Waals surface area contributed by atoms with Gasteiger partial charge in [0.1, 0.15) is 10.6 Å². The lowest BCUT2D eigenvalue weighted by Crippen LogP contribution is -2.21. The standard InChI is InChI=1S/C17H16N2O5S/c1-10-5-6-12(13(7-10)19(22)23)18-16(20)9-24-17(21)15-8-11-3-2-4-14(11)25-15/h5-8H,2-4,9H2,1H3,(H,18,20). The third-order valence-electron chi connectivity index (χ3n) is 3.91. The van der Waals surface area contributed by atoms with Crippen LogP contribution in [0.3, 0.4) is 0 Å². The molecule has 0 saturated carbocycles. The molecule has 0 radical (unpaired) electrons. The van der Waals surface area contributed by atoms with Crippen molar-refractivity contribution in [3.8, 4) is 0 Å². The van der Waals surface area contributed by atoms with Crippen LogP contribution in [-0.4, -0.2) is 23.4 Å². The Balaban J connectivity index is 1.59. The van der Waals surface area contributed by atoms with Crippen LogP contribution in [0, 0.1) is 17.0 Å². The van der Waals surface area contributed by atoms with Gasteiger partial charge in [-0.05, 0) is 49.4 Å². The molecule has 2 aromatic rings. The molecule has 0 spiro atoms. The molecule has 0 atom stereocenters. The maximum atomic E-state index is 12.0. The molecular formula is C17H16N2O5S. The molecule has 0 unspecified atom stereocenters. The highest BCUT2D eigenvalue weighted by Crippen LogP contribution is 2.31. The van der Waals surface area contributed by atoms with Gasteiger partial charge < -0.3 is 10.1 Å². The molecule has 1 aliphatic carbocycles. The van der Waals surface area contributed by atoms with Gasteiger partial charge in [-0.15, -0.1) is 11.3 Å². The van der Waals surface area contributed by atoms with E-state index in [1.54, 1.807) is 13.0 Å². The van der Waals surface area contributed by atoms with Gasteiger partial charge in [-0.25, -0.2) is 4.79 Å². The van der Waals surface area contributed by atoms with Gasteiger partial charge in [0.15, 0.2) is 6.61 Å². The van der Waals surface area contributed by atoms with E-state index in [0.717, 1.165) is 19.3 Å². The SMILES string of the molecule is Cc1ccc(NC(=O)COC(=O)c2cc3c(s2)CCC3)c([N+](=O)[O-])c1. The minimum Gasteiger partial charge on any atom is -0.451 e. The summed E-state index contributed by atoms with van der Waals surface area (Å²) in [5, 5.41) is 13.5. The van der Waals surface area contributed by atoms with E-state index < -0.39 is 23.4 Å². The number of hydrogen-bond acceptors (Lipinski definition) is 6. The van der Waals surface area contributed by atoms with E-state index >= 15 is 0 Å². The highest BCUT2D eigenvalue weighted by atomic mass is 32.1. The highest BCUT2D eigenvalue weighted by molar-refractivity contribution is 7.14. The number of nitro benzene ring substituents is 1. The summed E-state index contributed by atoms with van der Waals surface area (Å²) in [7, 11) is 0. The number of nitro groups is 1. The second kappa shape index (κ2) is 7.02. The number of esters is 1. The van der Waals surface area contributed by atoms with E-state index in [4.69, 9.17) is 4.74 Å². The van der Waals surface area contributed by atoms with Crippen molar-refractivity contribution >= 4 is 34.6 Å². The summed E-state index contributed by atoms with van der Waals surface area (Å²) in [4.78, 5) is 36.1. The van der Waals surface area contributed by atoms with Crippen molar-refractivity contribution in [2.24, 2.45) is 0 Å². The fraction of sp³-hybridized carbons (Fsp3) is 0.294. The molecule has 3 rings (SSSR count). The molecular weight excluding hydrogens is 344 g/mol. The Morgan fingerprint density at radius 1 is 1.32 bits per heavy atom. The number of hydrogen-bond donors (Lipinski definition) is 1. The first kappa shape index (κ1) is 17.1. The summed E-state index contributed by atoms with van der Waals surface area (Å²) in [5.74, 6) is -1.17. The van der Waals surface area contributed by atoms with Crippen LogP contribution in [0.15, 0.2) is 24.3 Å². The van der Waals surface area contributed by atoms with Gasteiger partial charge in [0.25, 0.3) is 11.6 Å². The Kier molecular flexibility index (Phi) is 4.80. The Bertz CT molecular complexity index is 837. The maximum absolute atomic E-state index is 12.0. The van der Waals surface area contributed by atoms with Crippen molar-refractivity contribution in [2.75, 3.05) is 11.9 Å². The molecule has 130 valence electrons. The molecule has 0 aliphatic heterocycles. The lowest BCUT2D eigenvalue weighted by atomic mass is 10.2. The number of carbonyl (C=O) groups excluding carboxylic acids is 2. The zero-order chi connectivity index (χ0) is 18.0. The van der Waals surface area contributed by atoms with Gasteiger partial charge >= 0.3 is 5.97 Å². The van der Waals surface area contributed by atoms with E-state index in [9.17, 15) is 19.7 Å². The van der Waals surface area contributed by atoms with Crippen molar-refractivity contribution in [3.63, 3.8) is 0 Å². The first-order valence-electron chi connectivity index (χ1n) is 7.77. The molecule has 1 aliphatic rings. The molecule has 1 heterocycles. The van der Waals surface area contributed by atoms with E-state index in [-0.39, 0.29) is 11.4 Å². The van der Waals surface area contributed by atoms with Crippen LogP contribution in [0.25, 0.3) is 0 Å². The number of fused-ring (bicyclic) bond motifs is 1. The summed E-state index contributed by atoms with van der Waals surface area (Å²) < 4.78 is 5.01. The Labute approximate surface area is 147 Å². The van der Waals surface area contributed by atoms with Gasteiger partial charge in [-0.1, -0.05) is 6.07 Å². The van der Waals surface area contributed by atoms with E-state index in [0.29, 0.717) is 10.4 Å². The van der Waals surface area contributed by atoms with Gasteiger partial charge in [0, 0.05) is 10.9 Å². The summed E-state index contributed by atoms with van der Waals surface area (Å²) in [6.45, 7) is 1.23. The van der Waals surface area contributed by atoms with E-state index in [1.165, 1.54) is 33.9 Å². The number of carbonyl (C=O) groups is 2. The van der Waals surface area contributed by atoms with Crippen molar-refractivity contribution < 1.29 is 19.2 Å². The molecule has 1 aromatic carbocycles. The Hall–Kier alpha value is -2.74. The van der Waals surface area contributed by atoms with Crippen LogP contribution < -0.4 is 5.32 Å². The normalized spacial score (nSPS) is 12.5. The topological polar surface area (TPSA) is 98.5 Å². The quantitative estimate of drug-likeness (QED) is 0.501. The minimum atomic E-state index is -0.621. The third-order valence-corrected chi connectivity index (χ3v) is 5.12. The van der Waals surface area contributed by atoms with E-state index in [1.807, 2.05) is 6.07 Å². The average Bonchev–Trinajstić information content (AvgIpc) is 3.15. The lowest BCUT2D eigenvalue weighted by molar-refractivity contribution is -0.384. The van der Waals surface area contributed by atoms with Crippen molar-refractivity contribution in [1.82, 2.24) is 0 Å². The minimum absolute atomic E-state index is 0.0757. The number of anilines is 1. The van der Waals surface area contributed by atoms with Gasteiger partial charge in [0.2, 0.25) is 0 Å². The predicted octanol–water partition coefficient (Wildman–Crippen LogP) is 3.25. The van der Waals surface area contributed by atoms with Crippen LogP contribution in [0.2, 0.25) is 0 Å². The second-order valence-corrected chi connectivity index (χ2v) is 6.95. The highest BCUT2D eigenvalue weighted by Gasteiger charge is 2.21. The number of ether oxygens (including phenoxy) is 1. The van der Waals surface area contributed by atoms with Crippen molar-refractivity contribution in [1.29, 1.82) is 0 Å². The fourth-order valence-corrected chi connectivity index (χ4v) is 3.86. The van der Waals surface area contributed by atoms with Crippen LogP contribution in [-0.2, 0) is 22.4 Å². The predicted molar refractivity (Wildman–Crippen MR) is 93.1 cm³/mol. The number of benzene rings is 1. The van der Waals surface area contributed by atoms with Crippen LogP contribution >= 0.6 is 11.3 Å². The zero-order valence-corrected chi connectivity index (χ0v) is 14.4. The van der Waals surface area contributed by atoms with Gasteiger partial charge in [-0.2, -0.15) is 0 Å². The number of nitrogens with zero attached hydrogens (tertiary/aromatic N) is 1. The number of rotatable bonds is 5. The van der Waals surface area contributed by atoms with Crippen molar-refractivity contribution in [2.45, 2.75) is 26.2 Å². The molecule has 1 amide bonds. The first-order chi connectivity index (χ1) is 11.9. The number of amides is 1. The fourth-order valence-electron chi connectivity index (χ4n) is 2.72. The number of thiophene rings is 1. The van der Waals surface area contributed by atoms with Gasteiger partial charge in [-0.3, -0.25) is 14.9 Å². The molecule has 8 heteroatoms. The average molecular weight is 360 g/mol. The molecule has 0 saturated heterocycles. The summed E-state index contributed by atoms with van der Waals surface area (Å²) in [6.07, 6.45) is 3.05. The summed E-state index contributed by atoms with van der Waals surface area (Å²) in [5.41, 5.74) is 1.76. The molecule has 25 heavy (non-hydrogen) atoms. The van der Waals surface area contributed by atoms with Crippen molar-refractivity contribution in [3.05, 3.63) is 55.3 Å². The first-order valence-corrected chi connectivity index (χ1v) is 8.59. The van der Waals surface area contributed by atoms with Crippen LogP contribution in [0.4, 0.5) is 11.4 Å². The Morgan fingerprint density at radius 2 is 2.12 bits per heavy atom. The largest absolute Gasteiger partial charge is 0.451 e. The van der Waals surface area contributed by atoms with Gasteiger partial charge in [0.05, 0.1) is 4.92 Å². The smallest absolute Gasteiger partial charge is 0.348 e. The molecule has 0 bridgehead atoms. The summed E-state index contributed by atoms with van der Waals surface area (Å²) in [6, 6.07) is 6.30.